The van der Waals surface area contributed by atoms with E-state index >= 15 is 0 Å². The van der Waals surface area contributed by atoms with Gasteiger partial charge in [-0.05, 0) is 58.7 Å². The van der Waals surface area contributed by atoms with Crippen molar-refractivity contribution >= 4 is 57.1 Å². The van der Waals surface area contributed by atoms with Crippen molar-refractivity contribution in [3.63, 3.8) is 0 Å². The average Bonchev–Trinajstić information content (AvgIpc) is 4.03. The van der Waals surface area contributed by atoms with Crippen molar-refractivity contribution < 1.29 is 0 Å². The van der Waals surface area contributed by atoms with Crippen LogP contribution in [0.25, 0.3) is 102 Å². The van der Waals surface area contributed by atoms with Crippen LogP contribution in [-0.2, 0) is 0 Å². The quantitative estimate of drug-likeness (QED) is 0.177. The lowest BCUT2D eigenvalue weighted by Gasteiger charge is -2.07. The predicted octanol–water partition coefficient (Wildman–Crippen LogP) is 11.8. The van der Waals surface area contributed by atoms with E-state index in [1.54, 1.807) is 0 Å². The molecule has 4 aromatic heterocycles. The van der Waals surface area contributed by atoms with Crippen LogP contribution in [0.4, 0.5) is 0 Å². The van der Waals surface area contributed by atoms with Gasteiger partial charge in [0.15, 0.2) is 0 Å². The molecule has 10 rings (SSSR count). The minimum Gasteiger partial charge on any atom is -0.366 e. The van der Waals surface area contributed by atoms with E-state index in [9.17, 15) is 0 Å². The van der Waals surface area contributed by atoms with Gasteiger partial charge in [0.05, 0.1) is 33.8 Å². The number of hydrogen-bond acceptors (Lipinski definition) is 2. The summed E-state index contributed by atoms with van der Waals surface area (Å²) in [6.45, 7) is 0. The second-order valence-corrected chi connectivity index (χ2v) is 12.8. The molecule has 0 radical (unpaired) electrons. The van der Waals surface area contributed by atoms with Crippen LogP contribution in [0.2, 0.25) is 0 Å². The lowest BCUT2D eigenvalue weighted by Crippen LogP contribution is -1.89. The molecule has 3 N–H and O–H groups in total. The van der Waals surface area contributed by atoms with Crippen molar-refractivity contribution in [3.05, 3.63) is 169 Å². The minimum absolute atomic E-state index is 0.894. The van der Waals surface area contributed by atoms with Crippen molar-refractivity contribution in [1.82, 2.24) is 24.9 Å². The second-order valence-electron chi connectivity index (χ2n) is 12.8. The van der Waals surface area contributed by atoms with Gasteiger partial charge in [0, 0.05) is 56.5 Å². The molecule has 6 heterocycles. The first-order chi connectivity index (χ1) is 25.3. The first-order valence-corrected chi connectivity index (χ1v) is 17.2. The summed E-state index contributed by atoms with van der Waals surface area (Å²) < 4.78 is 0. The van der Waals surface area contributed by atoms with Crippen molar-refractivity contribution in [1.29, 1.82) is 0 Å². The highest BCUT2D eigenvalue weighted by Crippen LogP contribution is 2.41. The number of aromatic amines is 3. The van der Waals surface area contributed by atoms with Gasteiger partial charge in [-0.2, -0.15) is 0 Å². The Morgan fingerprint density at radius 1 is 0.333 bits per heavy atom. The Morgan fingerprint density at radius 3 is 1.04 bits per heavy atom. The van der Waals surface area contributed by atoms with Crippen LogP contribution in [-0.4, -0.2) is 24.9 Å². The van der Waals surface area contributed by atoms with E-state index in [-0.39, 0.29) is 0 Å². The molecule has 0 saturated carbocycles. The Labute approximate surface area is 294 Å². The van der Waals surface area contributed by atoms with Gasteiger partial charge in [0.2, 0.25) is 0 Å². The summed E-state index contributed by atoms with van der Waals surface area (Å²) in [5.41, 5.74) is 16.1. The zero-order chi connectivity index (χ0) is 33.7. The number of nitrogens with zero attached hydrogens (tertiary/aromatic N) is 2. The fourth-order valence-corrected chi connectivity index (χ4v) is 7.54. The SMILES string of the molecule is C1=Cc2nc1c(-c1ccccc1)c1ccc([nH]1)c(-c1ccccc1)c1nc(c(-c3ccccc3)c3[nH]c(c2-c2ccccc2)c2c[nH]cc32)C=C1. The van der Waals surface area contributed by atoms with Gasteiger partial charge in [0.1, 0.15) is 0 Å². The molecule has 51 heavy (non-hydrogen) atoms. The number of hydrogen-bond donors (Lipinski definition) is 3. The van der Waals surface area contributed by atoms with Crippen LogP contribution >= 0.6 is 0 Å². The normalized spacial score (nSPS) is 12.2. The number of aromatic nitrogens is 5. The van der Waals surface area contributed by atoms with Crippen LogP contribution in [0.15, 0.2) is 146 Å². The Morgan fingerprint density at radius 2 is 0.667 bits per heavy atom. The largest absolute Gasteiger partial charge is 0.366 e. The van der Waals surface area contributed by atoms with Crippen LogP contribution in [0.3, 0.4) is 0 Å². The van der Waals surface area contributed by atoms with Gasteiger partial charge < -0.3 is 15.0 Å². The molecular weight excluding hydrogens is 623 g/mol. The monoisotopic (exact) mass is 653 g/mol. The van der Waals surface area contributed by atoms with Gasteiger partial charge >= 0.3 is 0 Å². The molecule has 0 amide bonds. The highest BCUT2D eigenvalue weighted by molar-refractivity contribution is 6.16. The summed E-state index contributed by atoms with van der Waals surface area (Å²) in [6, 6.07) is 46.5. The maximum atomic E-state index is 5.43. The molecule has 240 valence electrons. The Balaban J connectivity index is 1.46. The van der Waals surface area contributed by atoms with Crippen molar-refractivity contribution in [2.45, 2.75) is 0 Å². The molecule has 0 saturated heterocycles. The topological polar surface area (TPSA) is 73.2 Å². The first-order valence-electron chi connectivity index (χ1n) is 17.2. The summed E-state index contributed by atoms with van der Waals surface area (Å²) in [4.78, 5) is 22.0. The zero-order valence-corrected chi connectivity index (χ0v) is 27.6. The van der Waals surface area contributed by atoms with E-state index in [4.69, 9.17) is 9.97 Å². The Hall–Kier alpha value is -6.98. The molecule has 5 nitrogen and oxygen atoms in total. The molecule has 4 aromatic carbocycles. The van der Waals surface area contributed by atoms with Crippen LogP contribution in [0.5, 0.6) is 0 Å². The minimum atomic E-state index is 0.894. The summed E-state index contributed by atoms with van der Waals surface area (Å²) in [5, 5.41) is 2.19. The third kappa shape index (κ3) is 4.86. The Bertz CT molecular complexity index is 2630. The van der Waals surface area contributed by atoms with Crippen molar-refractivity contribution in [2.24, 2.45) is 0 Å². The third-order valence-electron chi connectivity index (χ3n) is 9.81. The summed E-state index contributed by atoms with van der Waals surface area (Å²) in [7, 11) is 0. The highest BCUT2D eigenvalue weighted by atomic mass is 14.8. The average molecular weight is 654 g/mol. The fraction of sp³-hybridized carbons (Fsp3) is 0. The van der Waals surface area contributed by atoms with Gasteiger partial charge in [-0.1, -0.05) is 121 Å². The molecule has 0 unspecified atom stereocenters. The van der Waals surface area contributed by atoms with E-state index in [2.05, 4.69) is 185 Å². The van der Waals surface area contributed by atoms with E-state index in [0.29, 0.717) is 0 Å². The lowest BCUT2D eigenvalue weighted by atomic mass is 10.0. The van der Waals surface area contributed by atoms with Gasteiger partial charge in [-0.15, -0.1) is 0 Å². The smallest absolute Gasteiger partial charge is 0.0737 e. The number of H-pyrrole nitrogens is 3. The van der Waals surface area contributed by atoms with Gasteiger partial charge in [0.25, 0.3) is 0 Å². The number of rotatable bonds is 4. The molecule has 0 spiro atoms. The second kappa shape index (κ2) is 11.9. The summed E-state index contributed by atoms with van der Waals surface area (Å²) in [6.07, 6.45) is 12.8. The highest BCUT2D eigenvalue weighted by Gasteiger charge is 2.21. The van der Waals surface area contributed by atoms with E-state index in [0.717, 1.165) is 100 Å². The summed E-state index contributed by atoms with van der Waals surface area (Å²) in [5.74, 6) is 0. The van der Waals surface area contributed by atoms with Crippen LogP contribution in [0, 0.1) is 0 Å². The molecular formula is C46H31N5. The zero-order valence-electron chi connectivity index (χ0n) is 27.6. The maximum Gasteiger partial charge on any atom is 0.0737 e. The van der Waals surface area contributed by atoms with Crippen molar-refractivity contribution in [3.8, 4) is 44.5 Å². The standard InChI is InChI=1S/C46H31N5/c1-5-13-29(14-6-1)41-35-21-22-36(48-35)42(30-15-7-2-8-16-30)38-24-26-40(50-38)44(32-19-11-4-12-20-32)46-34-28-47-27-33(34)45(51-46)43(31-17-9-3-10-18-31)39-25-23-37(41)49-39/h1-28,47-48,51H. The number of benzene rings is 4. The third-order valence-corrected chi connectivity index (χ3v) is 9.81. The van der Waals surface area contributed by atoms with E-state index in [1.165, 1.54) is 0 Å². The molecule has 8 bridgehead atoms. The first kappa shape index (κ1) is 29.0. The molecule has 8 aromatic rings. The van der Waals surface area contributed by atoms with Gasteiger partial charge in [-0.25, -0.2) is 9.97 Å². The van der Waals surface area contributed by atoms with E-state index in [1.807, 2.05) is 0 Å². The lowest BCUT2D eigenvalue weighted by molar-refractivity contribution is 1.31. The van der Waals surface area contributed by atoms with Gasteiger partial charge in [-0.3, -0.25) is 0 Å². The Kier molecular flexibility index (Phi) is 6.74. The van der Waals surface area contributed by atoms with Crippen LogP contribution < -0.4 is 0 Å². The number of nitrogens with one attached hydrogen (secondary N) is 3. The molecule has 0 aliphatic carbocycles. The van der Waals surface area contributed by atoms with Crippen molar-refractivity contribution in [2.75, 3.05) is 0 Å². The molecule has 0 fully saturated rings. The molecule has 0 atom stereocenters. The molecule has 5 heteroatoms. The van der Waals surface area contributed by atoms with E-state index < -0.39 is 0 Å². The molecule has 2 aliphatic rings. The maximum absolute atomic E-state index is 5.43. The summed E-state index contributed by atoms with van der Waals surface area (Å²) >= 11 is 0. The molecule has 2 aliphatic heterocycles. The fourth-order valence-electron chi connectivity index (χ4n) is 7.54. The predicted molar refractivity (Wildman–Crippen MR) is 212 cm³/mol. The van der Waals surface area contributed by atoms with Crippen LogP contribution in [0.1, 0.15) is 22.8 Å². The number of fused-ring (bicyclic) bond motifs is 11.